The highest BCUT2D eigenvalue weighted by Crippen LogP contribution is 2.34. The lowest BCUT2D eigenvalue weighted by atomic mass is 9.82. The second kappa shape index (κ2) is 7.32. The molecule has 2 saturated carbocycles. The first-order valence-corrected chi connectivity index (χ1v) is 9.73. The topological polar surface area (TPSA) is 89.3 Å². The Hall–Kier alpha value is -1.63. The maximum atomic E-state index is 12.4. The van der Waals surface area contributed by atoms with Crippen molar-refractivity contribution < 1.29 is 14.1 Å². The molecule has 2 N–H and O–H groups in total. The highest BCUT2D eigenvalue weighted by Gasteiger charge is 2.38. The van der Waals surface area contributed by atoms with Gasteiger partial charge >= 0.3 is 6.03 Å². The van der Waals surface area contributed by atoms with Crippen LogP contribution in [0.25, 0.3) is 0 Å². The molecule has 0 bridgehead atoms. The summed E-state index contributed by atoms with van der Waals surface area (Å²) in [6.45, 7) is 2.70. The van der Waals surface area contributed by atoms with Crippen LogP contribution in [0.3, 0.4) is 0 Å². The molecule has 7 nitrogen and oxygen atoms in total. The van der Waals surface area contributed by atoms with Gasteiger partial charge in [0.15, 0.2) is 5.82 Å². The lowest BCUT2D eigenvalue weighted by Crippen LogP contribution is -2.49. The largest absolute Gasteiger partial charge is 0.378 e. The van der Waals surface area contributed by atoms with E-state index in [1.165, 1.54) is 12.8 Å². The Labute approximate surface area is 148 Å². The van der Waals surface area contributed by atoms with Crippen LogP contribution in [-0.2, 0) is 4.74 Å². The van der Waals surface area contributed by atoms with Crippen LogP contribution in [-0.4, -0.2) is 34.9 Å². The van der Waals surface area contributed by atoms with Crippen LogP contribution < -0.4 is 10.6 Å². The molecule has 0 aromatic carbocycles. The van der Waals surface area contributed by atoms with Crippen molar-refractivity contribution >= 4 is 6.03 Å². The summed E-state index contributed by atoms with van der Waals surface area (Å²) in [4.78, 5) is 16.9. The molecule has 7 heteroatoms. The molecule has 3 aliphatic rings. The van der Waals surface area contributed by atoms with Crippen LogP contribution in [0, 0.1) is 5.92 Å². The zero-order chi connectivity index (χ0) is 17.2. The van der Waals surface area contributed by atoms with Gasteiger partial charge in [0.25, 0.3) is 0 Å². The molecule has 1 aliphatic heterocycles. The van der Waals surface area contributed by atoms with Gasteiger partial charge in [-0.15, -0.1) is 0 Å². The number of hydrogen-bond donors (Lipinski definition) is 2. The van der Waals surface area contributed by atoms with Gasteiger partial charge in [0.2, 0.25) is 5.89 Å². The fourth-order valence-electron chi connectivity index (χ4n) is 4.60. The van der Waals surface area contributed by atoms with Crippen molar-refractivity contribution in [1.82, 2.24) is 20.8 Å². The highest BCUT2D eigenvalue weighted by atomic mass is 16.5. The van der Waals surface area contributed by atoms with Crippen LogP contribution in [0.2, 0.25) is 0 Å². The summed E-state index contributed by atoms with van der Waals surface area (Å²) in [5, 5.41) is 10.2. The van der Waals surface area contributed by atoms with E-state index in [0.717, 1.165) is 51.0 Å². The van der Waals surface area contributed by atoms with Crippen LogP contribution in [0.15, 0.2) is 4.52 Å². The third-order valence-electron chi connectivity index (χ3n) is 5.99. The van der Waals surface area contributed by atoms with Crippen LogP contribution in [0.1, 0.15) is 82.0 Å². The van der Waals surface area contributed by atoms with Gasteiger partial charge in [0.1, 0.15) is 6.04 Å². The van der Waals surface area contributed by atoms with Crippen molar-refractivity contribution in [2.24, 2.45) is 5.92 Å². The predicted octanol–water partition coefficient (Wildman–Crippen LogP) is 3.05. The smallest absolute Gasteiger partial charge is 0.315 e. The van der Waals surface area contributed by atoms with Gasteiger partial charge in [0, 0.05) is 24.5 Å². The number of carbonyl (C=O) groups excluding carboxylic acids is 1. The van der Waals surface area contributed by atoms with E-state index in [-0.39, 0.29) is 18.1 Å². The zero-order valence-corrected chi connectivity index (χ0v) is 14.9. The summed E-state index contributed by atoms with van der Waals surface area (Å²) in [5.41, 5.74) is 0. The maximum Gasteiger partial charge on any atom is 0.315 e. The van der Waals surface area contributed by atoms with Gasteiger partial charge in [-0.2, -0.15) is 4.98 Å². The van der Waals surface area contributed by atoms with Gasteiger partial charge in [-0.05, 0) is 45.4 Å². The molecule has 2 heterocycles. The quantitative estimate of drug-likeness (QED) is 0.873. The van der Waals surface area contributed by atoms with Crippen LogP contribution in [0.5, 0.6) is 0 Å². The minimum atomic E-state index is -0.290. The van der Waals surface area contributed by atoms with Gasteiger partial charge in [-0.3, -0.25) is 0 Å². The minimum absolute atomic E-state index is 0.161. The number of aromatic nitrogens is 2. The molecule has 0 spiro atoms. The van der Waals surface area contributed by atoms with Gasteiger partial charge in [-0.1, -0.05) is 18.0 Å². The van der Waals surface area contributed by atoms with Crippen molar-refractivity contribution in [2.45, 2.75) is 82.4 Å². The summed E-state index contributed by atoms with van der Waals surface area (Å²) in [5.74, 6) is 2.15. The second-order valence-corrected chi connectivity index (χ2v) is 7.71. The van der Waals surface area contributed by atoms with E-state index in [9.17, 15) is 4.79 Å². The summed E-state index contributed by atoms with van der Waals surface area (Å²) in [7, 11) is 0. The first kappa shape index (κ1) is 16.8. The summed E-state index contributed by atoms with van der Waals surface area (Å²) >= 11 is 0. The number of hydrogen-bond acceptors (Lipinski definition) is 5. The molecular weight excluding hydrogens is 320 g/mol. The van der Waals surface area contributed by atoms with Gasteiger partial charge in [-0.25, -0.2) is 4.79 Å². The monoisotopic (exact) mass is 348 g/mol. The molecule has 0 radical (unpaired) electrons. The molecule has 1 aromatic rings. The number of ether oxygens (including phenoxy) is 1. The van der Waals surface area contributed by atoms with Gasteiger partial charge < -0.3 is 19.9 Å². The van der Waals surface area contributed by atoms with Crippen molar-refractivity contribution in [3.63, 3.8) is 0 Å². The van der Waals surface area contributed by atoms with E-state index in [0.29, 0.717) is 23.8 Å². The molecule has 4 atom stereocenters. The predicted molar refractivity (Wildman–Crippen MR) is 91.1 cm³/mol. The van der Waals surface area contributed by atoms with E-state index in [1.54, 1.807) is 0 Å². The van der Waals surface area contributed by atoms with Crippen molar-refractivity contribution in [1.29, 1.82) is 0 Å². The molecule has 138 valence electrons. The lowest BCUT2D eigenvalue weighted by molar-refractivity contribution is 0.0548. The molecule has 0 unspecified atom stereocenters. The van der Waals surface area contributed by atoms with Gasteiger partial charge in [0.05, 0.1) is 6.10 Å². The standard InChI is InChI=1S/C18H28N4O3/c1-11(17-21-16(22-25-17)12-5-2-3-6-12)19-18(23)20-14-7-4-8-15-13(14)9-10-24-15/h11-15H,2-10H2,1H3,(H2,19,20,23)/t11-,13+,14+,15+/m0/s1. The number of carbonyl (C=O) groups is 1. The molecule has 4 rings (SSSR count). The molecular formula is C18H28N4O3. The van der Waals surface area contributed by atoms with Crippen molar-refractivity contribution in [2.75, 3.05) is 6.61 Å². The molecule has 25 heavy (non-hydrogen) atoms. The summed E-state index contributed by atoms with van der Waals surface area (Å²) in [6.07, 6.45) is 9.35. The maximum absolute atomic E-state index is 12.4. The Morgan fingerprint density at radius 2 is 2.00 bits per heavy atom. The Morgan fingerprint density at radius 3 is 2.84 bits per heavy atom. The summed E-state index contributed by atoms with van der Waals surface area (Å²) in [6, 6.07) is -0.252. The Morgan fingerprint density at radius 1 is 1.16 bits per heavy atom. The summed E-state index contributed by atoms with van der Waals surface area (Å²) < 4.78 is 11.1. The number of nitrogens with one attached hydrogen (secondary N) is 2. The lowest BCUT2D eigenvalue weighted by Gasteiger charge is -2.33. The van der Waals surface area contributed by atoms with E-state index >= 15 is 0 Å². The third-order valence-corrected chi connectivity index (χ3v) is 5.99. The Bertz CT molecular complexity index is 599. The van der Waals surface area contributed by atoms with Crippen LogP contribution in [0.4, 0.5) is 4.79 Å². The third kappa shape index (κ3) is 3.66. The average molecular weight is 348 g/mol. The number of rotatable bonds is 4. The molecule has 1 saturated heterocycles. The fraction of sp³-hybridized carbons (Fsp3) is 0.833. The second-order valence-electron chi connectivity index (χ2n) is 7.71. The van der Waals surface area contributed by atoms with E-state index in [1.807, 2.05) is 6.92 Å². The number of fused-ring (bicyclic) bond motifs is 1. The van der Waals surface area contributed by atoms with E-state index in [2.05, 4.69) is 20.8 Å². The van der Waals surface area contributed by atoms with E-state index in [4.69, 9.17) is 9.26 Å². The minimum Gasteiger partial charge on any atom is -0.378 e. The van der Waals surface area contributed by atoms with Crippen molar-refractivity contribution in [3.8, 4) is 0 Å². The first-order chi connectivity index (χ1) is 12.2. The molecule has 3 fully saturated rings. The molecule has 2 amide bonds. The number of amides is 2. The zero-order valence-electron chi connectivity index (χ0n) is 14.9. The Kier molecular flexibility index (Phi) is 4.92. The highest BCUT2D eigenvalue weighted by molar-refractivity contribution is 5.74. The average Bonchev–Trinajstić information content (AvgIpc) is 3.34. The van der Waals surface area contributed by atoms with Crippen molar-refractivity contribution in [3.05, 3.63) is 11.7 Å². The van der Waals surface area contributed by atoms with E-state index < -0.39 is 0 Å². The number of urea groups is 1. The van der Waals surface area contributed by atoms with Crippen LogP contribution >= 0.6 is 0 Å². The first-order valence-electron chi connectivity index (χ1n) is 9.73. The molecule has 2 aliphatic carbocycles. The molecule has 1 aromatic heterocycles. The SMILES string of the molecule is C[C@H](NC(=O)N[C@@H]1CCC[C@H]2OCC[C@H]12)c1nc(C2CCCC2)no1. The Balaban J connectivity index is 1.31. The number of nitrogens with zero attached hydrogens (tertiary/aromatic N) is 2. The normalized spacial score (nSPS) is 30.8. The fourth-order valence-corrected chi connectivity index (χ4v) is 4.60.